The van der Waals surface area contributed by atoms with Gasteiger partial charge in [0.15, 0.2) is 0 Å². The minimum absolute atomic E-state index is 0.0351. The zero-order chi connectivity index (χ0) is 13.2. The van der Waals surface area contributed by atoms with Gasteiger partial charge in [-0.3, -0.25) is 4.98 Å². The number of nitrogens with two attached hydrogens (primary N) is 1. The van der Waals surface area contributed by atoms with Crippen LogP contribution in [0, 0.1) is 11.8 Å². The molecule has 3 atom stereocenters. The van der Waals surface area contributed by atoms with Gasteiger partial charge >= 0.3 is 0 Å². The van der Waals surface area contributed by atoms with Gasteiger partial charge in [-0.1, -0.05) is 26.8 Å². The smallest absolute Gasteiger partial charge is 0.0422 e. The van der Waals surface area contributed by atoms with Gasteiger partial charge in [0.2, 0.25) is 0 Å². The zero-order valence-electron chi connectivity index (χ0n) is 11.9. The Bertz CT molecular complexity index is 385. The fourth-order valence-corrected chi connectivity index (χ4v) is 3.03. The SMILES string of the molecule is CCc1ccc(CC2(N)CCC(C)C(C)C2)nc1. The van der Waals surface area contributed by atoms with Crippen LogP contribution in [-0.2, 0) is 12.8 Å². The predicted octanol–water partition coefficient (Wildman–Crippen LogP) is 3.34. The number of rotatable bonds is 3. The first-order chi connectivity index (χ1) is 8.52. The minimum atomic E-state index is -0.0351. The molecular formula is C16H26N2. The van der Waals surface area contributed by atoms with Crippen molar-refractivity contribution in [1.29, 1.82) is 0 Å². The first-order valence-electron chi connectivity index (χ1n) is 7.25. The highest BCUT2D eigenvalue weighted by Crippen LogP contribution is 2.36. The van der Waals surface area contributed by atoms with Crippen molar-refractivity contribution < 1.29 is 0 Å². The van der Waals surface area contributed by atoms with Crippen LogP contribution < -0.4 is 5.73 Å². The molecule has 1 fully saturated rings. The molecular weight excluding hydrogens is 220 g/mol. The van der Waals surface area contributed by atoms with E-state index in [0.29, 0.717) is 0 Å². The standard InChI is InChI=1S/C16H26N2/c1-4-14-5-6-15(18-11-14)10-16(17)8-7-12(2)13(3)9-16/h5-6,11-13H,4,7-10,17H2,1-3H3. The Labute approximate surface area is 111 Å². The number of hydrogen-bond donors (Lipinski definition) is 1. The monoisotopic (exact) mass is 246 g/mol. The summed E-state index contributed by atoms with van der Waals surface area (Å²) in [7, 11) is 0. The van der Waals surface area contributed by atoms with Gasteiger partial charge in [0, 0.05) is 23.9 Å². The van der Waals surface area contributed by atoms with Crippen LogP contribution in [0.5, 0.6) is 0 Å². The van der Waals surface area contributed by atoms with E-state index in [9.17, 15) is 0 Å². The van der Waals surface area contributed by atoms with Gasteiger partial charge in [0.25, 0.3) is 0 Å². The van der Waals surface area contributed by atoms with Crippen LogP contribution in [0.25, 0.3) is 0 Å². The third-order valence-electron chi connectivity index (χ3n) is 4.62. The van der Waals surface area contributed by atoms with Crippen LogP contribution >= 0.6 is 0 Å². The van der Waals surface area contributed by atoms with Crippen molar-refractivity contribution in [2.75, 3.05) is 0 Å². The van der Waals surface area contributed by atoms with Crippen LogP contribution in [0.3, 0.4) is 0 Å². The lowest BCUT2D eigenvalue weighted by molar-refractivity contribution is 0.175. The first kappa shape index (κ1) is 13.5. The summed E-state index contributed by atoms with van der Waals surface area (Å²) in [6, 6.07) is 4.33. The van der Waals surface area contributed by atoms with Crippen molar-refractivity contribution in [2.24, 2.45) is 17.6 Å². The quantitative estimate of drug-likeness (QED) is 0.888. The molecule has 1 aromatic rings. The van der Waals surface area contributed by atoms with Crippen LogP contribution in [0.15, 0.2) is 18.3 Å². The second kappa shape index (κ2) is 5.40. The minimum Gasteiger partial charge on any atom is -0.325 e. The van der Waals surface area contributed by atoms with E-state index in [4.69, 9.17) is 5.73 Å². The molecule has 1 aliphatic carbocycles. The van der Waals surface area contributed by atoms with Gasteiger partial charge < -0.3 is 5.73 Å². The van der Waals surface area contributed by atoms with Gasteiger partial charge in [0.05, 0.1) is 0 Å². The maximum Gasteiger partial charge on any atom is 0.0422 e. The topological polar surface area (TPSA) is 38.9 Å². The van der Waals surface area contributed by atoms with E-state index in [1.165, 1.54) is 12.0 Å². The summed E-state index contributed by atoms with van der Waals surface area (Å²) in [6.07, 6.45) is 7.49. The van der Waals surface area contributed by atoms with Crippen LogP contribution in [-0.4, -0.2) is 10.5 Å². The number of pyridine rings is 1. The third-order valence-corrected chi connectivity index (χ3v) is 4.62. The molecule has 3 unspecified atom stereocenters. The van der Waals surface area contributed by atoms with Crippen molar-refractivity contribution in [3.8, 4) is 0 Å². The molecule has 1 heterocycles. The number of aryl methyl sites for hydroxylation is 1. The number of nitrogens with zero attached hydrogens (tertiary/aromatic N) is 1. The summed E-state index contributed by atoms with van der Waals surface area (Å²) < 4.78 is 0. The van der Waals surface area contributed by atoms with Crippen LogP contribution in [0.1, 0.15) is 51.3 Å². The van der Waals surface area contributed by atoms with Gasteiger partial charge in [0.1, 0.15) is 0 Å². The van der Waals surface area contributed by atoms with Crippen molar-refractivity contribution >= 4 is 0 Å². The van der Waals surface area contributed by atoms with E-state index >= 15 is 0 Å². The first-order valence-corrected chi connectivity index (χ1v) is 7.25. The van der Waals surface area contributed by atoms with Crippen molar-refractivity contribution in [2.45, 2.75) is 58.4 Å². The molecule has 18 heavy (non-hydrogen) atoms. The van der Waals surface area contributed by atoms with Crippen molar-refractivity contribution in [3.63, 3.8) is 0 Å². The normalized spacial score (nSPS) is 32.4. The van der Waals surface area contributed by atoms with E-state index < -0.39 is 0 Å². The summed E-state index contributed by atoms with van der Waals surface area (Å²) in [5.41, 5.74) is 8.99. The molecule has 2 nitrogen and oxygen atoms in total. The highest BCUT2D eigenvalue weighted by molar-refractivity contribution is 5.16. The third kappa shape index (κ3) is 3.11. The Balaban J connectivity index is 2.03. The van der Waals surface area contributed by atoms with E-state index in [1.807, 2.05) is 6.20 Å². The average molecular weight is 246 g/mol. The molecule has 0 aliphatic heterocycles. The summed E-state index contributed by atoms with van der Waals surface area (Å²) in [5, 5.41) is 0. The molecule has 100 valence electrons. The molecule has 2 rings (SSSR count). The lowest BCUT2D eigenvalue weighted by Crippen LogP contribution is -2.47. The number of aromatic nitrogens is 1. The molecule has 1 aliphatic rings. The molecule has 0 bridgehead atoms. The molecule has 0 radical (unpaired) electrons. The van der Waals surface area contributed by atoms with E-state index in [0.717, 1.165) is 43.2 Å². The molecule has 1 saturated carbocycles. The molecule has 2 heteroatoms. The molecule has 0 aromatic carbocycles. The fraction of sp³-hybridized carbons (Fsp3) is 0.688. The Hall–Kier alpha value is -0.890. The molecule has 0 spiro atoms. The van der Waals surface area contributed by atoms with Crippen molar-refractivity contribution in [3.05, 3.63) is 29.6 Å². The maximum atomic E-state index is 6.57. The average Bonchev–Trinajstić information content (AvgIpc) is 2.35. The zero-order valence-corrected chi connectivity index (χ0v) is 11.9. The molecule has 2 N–H and O–H groups in total. The summed E-state index contributed by atoms with van der Waals surface area (Å²) >= 11 is 0. The largest absolute Gasteiger partial charge is 0.325 e. The van der Waals surface area contributed by atoms with Gasteiger partial charge in [-0.05, 0) is 49.1 Å². The fourth-order valence-electron chi connectivity index (χ4n) is 3.03. The summed E-state index contributed by atoms with van der Waals surface area (Å²) in [6.45, 7) is 6.84. The van der Waals surface area contributed by atoms with Gasteiger partial charge in [-0.15, -0.1) is 0 Å². The van der Waals surface area contributed by atoms with E-state index in [1.54, 1.807) is 0 Å². The van der Waals surface area contributed by atoms with Gasteiger partial charge in [-0.25, -0.2) is 0 Å². The Morgan fingerprint density at radius 3 is 2.67 bits per heavy atom. The summed E-state index contributed by atoms with van der Waals surface area (Å²) in [5.74, 6) is 1.55. The summed E-state index contributed by atoms with van der Waals surface area (Å²) in [4.78, 5) is 4.55. The van der Waals surface area contributed by atoms with Crippen LogP contribution in [0.4, 0.5) is 0 Å². The lowest BCUT2D eigenvalue weighted by Gasteiger charge is -2.40. The van der Waals surface area contributed by atoms with E-state index in [-0.39, 0.29) is 5.54 Å². The lowest BCUT2D eigenvalue weighted by atomic mass is 9.70. The van der Waals surface area contributed by atoms with Crippen LogP contribution in [0.2, 0.25) is 0 Å². The Morgan fingerprint density at radius 1 is 1.33 bits per heavy atom. The maximum absolute atomic E-state index is 6.57. The second-order valence-corrected chi connectivity index (χ2v) is 6.25. The molecule has 1 aromatic heterocycles. The Morgan fingerprint density at radius 2 is 2.11 bits per heavy atom. The second-order valence-electron chi connectivity index (χ2n) is 6.25. The van der Waals surface area contributed by atoms with E-state index in [2.05, 4.69) is 37.9 Å². The highest BCUT2D eigenvalue weighted by atomic mass is 14.8. The van der Waals surface area contributed by atoms with Crippen molar-refractivity contribution in [1.82, 2.24) is 4.98 Å². The molecule has 0 amide bonds. The number of hydrogen-bond acceptors (Lipinski definition) is 2. The Kier molecular flexibility index (Phi) is 4.06. The van der Waals surface area contributed by atoms with Gasteiger partial charge in [-0.2, -0.15) is 0 Å². The predicted molar refractivity (Wildman–Crippen MR) is 76.4 cm³/mol. The molecule has 0 saturated heterocycles. The highest BCUT2D eigenvalue weighted by Gasteiger charge is 2.34.